The molecule has 0 spiro atoms. The third kappa shape index (κ3) is 4.69. The van der Waals surface area contributed by atoms with Gasteiger partial charge in [-0.2, -0.15) is 5.10 Å². The largest absolute Gasteiger partial charge is 0.471 e. The van der Waals surface area contributed by atoms with Gasteiger partial charge < -0.3 is 9.64 Å². The van der Waals surface area contributed by atoms with Crippen molar-refractivity contribution in [2.75, 3.05) is 18.8 Å². The van der Waals surface area contributed by atoms with Crippen molar-refractivity contribution in [1.82, 2.24) is 15.1 Å². The molecule has 1 fully saturated rings. The maximum Gasteiger partial charge on any atom is 0.233 e. The van der Waals surface area contributed by atoms with Crippen LogP contribution < -0.4 is 4.74 Å². The predicted molar refractivity (Wildman–Crippen MR) is 90.2 cm³/mol. The number of carbonyl (C=O) groups excluding carboxylic acids is 1. The SMILES string of the molecule is O=C(CSCc1ccccc1)N1CCC(Oc2cccnn2)C1. The average molecular weight is 329 g/mol. The lowest BCUT2D eigenvalue weighted by molar-refractivity contribution is -0.127. The zero-order chi connectivity index (χ0) is 15.9. The second-order valence-electron chi connectivity index (χ2n) is 5.41. The molecule has 1 saturated heterocycles. The second-order valence-corrected chi connectivity index (χ2v) is 6.39. The van der Waals surface area contributed by atoms with Gasteiger partial charge in [0.25, 0.3) is 0 Å². The number of likely N-dealkylation sites (tertiary alicyclic amines) is 1. The molecule has 1 aromatic carbocycles. The number of rotatable bonds is 6. The van der Waals surface area contributed by atoms with Crippen LogP contribution in [0.2, 0.25) is 0 Å². The van der Waals surface area contributed by atoms with E-state index in [0.29, 0.717) is 18.2 Å². The first-order valence-corrected chi connectivity index (χ1v) is 8.80. The van der Waals surface area contributed by atoms with E-state index in [9.17, 15) is 4.79 Å². The maximum atomic E-state index is 12.3. The molecule has 2 aromatic rings. The molecule has 5 nitrogen and oxygen atoms in total. The minimum absolute atomic E-state index is 0.00905. The summed E-state index contributed by atoms with van der Waals surface area (Å²) in [5.41, 5.74) is 1.25. The Morgan fingerprint density at radius 2 is 2.13 bits per heavy atom. The van der Waals surface area contributed by atoms with E-state index in [1.807, 2.05) is 23.1 Å². The molecule has 0 aliphatic carbocycles. The van der Waals surface area contributed by atoms with Gasteiger partial charge in [0, 0.05) is 31.0 Å². The van der Waals surface area contributed by atoms with Crippen LogP contribution in [0.5, 0.6) is 5.88 Å². The molecule has 2 heterocycles. The van der Waals surface area contributed by atoms with Gasteiger partial charge in [-0.05, 0) is 11.6 Å². The topological polar surface area (TPSA) is 55.3 Å². The van der Waals surface area contributed by atoms with E-state index in [2.05, 4.69) is 22.3 Å². The van der Waals surface area contributed by atoms with Crippen molar-refractivity contribution in [2.24, 2.45) is 0 Å². The highest BCUT2D eigenvalue weighted by Crippen LogP contribution is 2.18. The number of ether oxygens (including phenoxy) is 1. The van der Waals surface area contributed by atoms with E-state index >= 15 is 0 Å². The van der Waals surface area contributed by atoms with Gasteiger partial charge in [-0.25, -0.2) is 0 Å². The minimum atomic E-state index is 0.00905. The summed E-state index contributed by atoms with van der Waals surface area (Å²) < 4.78 is 5.76. The molecule has 1 unspecified atom stereocenters. The first-order chi connectivity index (χ1) is 11.3. The van der Waals surface area contributed by atoms with Gasteiger partial charge in [-0.3, -0.25) is 4.79 Å². The van der Waals surface area contributed by atoms with Gasteiger partial charge in [-0.1, -0.05) is 30.3 Å². The Hall–Kier alpha value is -2.08. The lowest BCUT2D eigenvalue weighted by Gasteiger charge is -2.16. The molecule has 1 aliphatic rings. The highest BCUT2D eigenvalue weighted by molar-refractivity contribution is 7.99. The van der Waals surface area contributed by atoms with E-state index in [1.54, 1.807) is 30.1 Å². The van der Waals surface area contributed by atoms with Crippen LogP contribution in [-0.4, -0.2) is 46.0 Å². The third-order valence-corrected chi connectivity index (χ3v) is 4.66. The summed E-state index contributed by atoms with van der Waals surface area (Å²) in [7, 11) is 0. The van der Waals surface area contributed by atoms with Gasteiger partial charge in [0.05, 0.1) is 12.3 Å². The molecular formula is C17H19N3O2S. The molecule has 0 radical (unpaired) electrons. The van der Waals surface area contributed by atoms with Crippen molar-refractivity contribution in [3.8, 4) is 5.88 Å². The average Bonchev–Trinajstić information content (AvgIpc) is 3.05. The minimum Gasteiger partial charge on any atom is -0.471 e. The fourth-order valence-corrected chi connectivity index (χ4v) is 3.38. The third-order valence-electron chi connectivity index (χ3n) is 3.67. The first-order valence-electron chi connectivity index (χ1n) is 7.65. The highest BCUT2D eigenvalue weighted by Gasteiger charge is 2.27. The van der Waals surface area contributed by atoms with Gasteiger partial charge in [0.2, 0.25) is 11.8 Å². The maximum absolute atomic E-state index is 12.3. The van der Waals surface area contributed by atoms with Crippen molar-refractivity contribution < 1.29 is 9.53 Å². The Morgan fingerprint density at radius 3 is 2.91 bits per heavy atom. The van der Waals surface area contributed by atoms with Crippen LogP contribution in [0.1, 0.15) is 12.0 Å². The van der Waals surface area contributed by atoms with Crippen molar-refractivity contribution in [2.45, 2.75) is 18.3 Å². The molecule has 23 heavy (non-hydrogen) atoms. The Kier molecular flexibility index (Phi) is 5.47. The summed E-state index contributed by atoms with van der Waals surface area (Å²) in [5, 5.41) is 7.71. The number of thioether (sulfide) groups is 1. The Balaban J connectivity index is 1.41. The summed E-state index contributed by atoms with van der Waals surface area (Å²) in [6.07, 6.45) is 2.46. The van der Waals surface area contributed by atoms with E-state index in [-0.39, 0.29) is 12.0 Å². The zero-order valence-electron chi connectivity index (χ0n) is 12.8. The molecular weight excluding hydrogens is 310 g/mol. The summed E-state index contributed by atoms with van der Waals surface area (Å²) >= 11 is 1.65. The first kappa shape index (κ1) is 15.8. The number of hydrogen-bond donors (Lipinski definition) is 0. The van der Waals surface area contributed by atoms with Crippen molar-refractivity contribution >= 4 is 17.7 Å². The fraction of sp³-hybridized carbons (Fsp3) is 0.353. The molecule has 6 heteroatoms. The van der Waals surface area contributed by atoms with E-state index in [1.165, 1.54) is 5.56 Å². The van der Waals surface area contributed by atoms with E-state index < -0.39 is 0 Å². The van der Waals surface area contributed by atoms with E-state index in [0.717, 1.165) is 18.7 Å². The van der Waals surface area contributed by atoms with Crippen LogP contribution in [0.25, 0.3) is 0 Å². The normalized spacial score (nSPS) is 17.2. The smallest absolute Gasteiger partial charge is 0.233 e. The number of carbonyl (C=O) groups is 1. The van der Waals surface area contributed by atoms with Crippen molar-refractivity contribution in [1.29, 1.82) is 0 Å². The molecule has 1 amide bonds. The summed E-state index contributed by atoms with van der Waals surface area (Å²) in [6.45, 7) is 1.37. The second kappa shape index (κ2) is 7.97. The molecule has 1 aromatic heterocycles. The Morgan fingerprint density at radius 1 is 1.26 bits per heavy atom. The standard InChI is InChI=1S/C17H19N3O2S/c21-17(13-23-12-14-5-2-1-3-6-14)20-10-8-15(11-20)22-16-7-4-9-18-19-16/h1-7,9,15H,8,10-13H2. The van der Waals surface area contributed by atoms with Crippen LogP contribution in [-0.2, 0) is 10.5 Å². The summed E-state index contributed by atoms with van der Waals surface area (Å²) in [6, 6.07) is 13.8. The van der Waals surface area contributed by atoms with Crippen LogP contribution in [0.4, 0.5) is 0 Å². The summed E-state index contributed by atoms with van der Waals surface area (Å²) in [5.74, 6) is 2.06. The van der Waals surface area contributed by atoms with Crippen molar-refractivity contribution in [3.05, 3.63) is 54.2 Å². The molecule has 1 atom stereocenters. The highest BCUT2D eigenvalue weighted by atomic mass is 32.2. The number of amides is 1. The lowest BCUT2D eigenvalue weighted by Crippen LogP contribution is -2.32. The molecule has 1 aliphatic heterocycles. The number of nitrogens with zero attached hydrogens (tertiary/aromatic N) is 3. The van der Waals surface area contributed by atoms with Gasteiger partial charge in [-0.15, -0.1) is 16.9 Å². The Bertz CT molecular complexity index is 624. The fourth-order valence-electron chi connectivity index (χ4n) is 2.49. The van der Waals surface area contributed by atoms with Crippen molar-refractivity contribution in [3.63, 3.8) is 0 Å². The molecule has 0 saturated carbocycles. The van der Waals surface area contributed by atoms with Crippen LogP contribution in [0, 0.1) is 0 Å². The summed E-state index contributed by atoms with van der Waals surface area (Å²) in [4.78, 5) is 14.1. The van der Waals surface area contributed by atoms with Crippen LogP contribution in [0.15, 0.2) is 48.7 Å². The molecule has 0 N–H and O–H groups in total. The zero-order valence-corrected chi connectivity index (χ0v) is 13.6. The number of hydrogen-bond acceptors (Lipinski definition) is 5. The predicted octanol–water partition coefficient (Wildman–Crippen LogP) is 2.39. The molecule has 120 valence electrons. The monoisotopic (exact) mass is 329 g/mol. The lowest BCUT2D eigenvalue weighted by atomic mass is 10.2. The van der Waals surface area contributed by atoms with Crippen LogP contribution in [0.3, 0.4) is 0 Å². The number of benzene rings is 1. The van der Waals surface area contributed by atoms with Gasteiger partial charge in [0.1, 0.15) is 6.10 Å². The Labute approximate surface area is 140 Å². The quantitative estimate of drug-likeness (QED) is 0.814. The van der Waals surface area contributed by atoms with Crippen LogP contribution >= 0.6 is 11.8 Å². The molecule has 0 bridgehead atoms. The number of aromatic nitrogens is 2. The van der Waals surface area contributed by atoms with E-state index in [4.69, 9.17) is 4.74 Å². The molecule has 3 rings (SSSR count). The van der Waals surface area contributed by atoms with Gasteiger partial charge >= 0.3 is 0 Å². The van der Waals surface area contributed by atoms with Gasteiger partial charge in [0.15, 0.2) is 0 Å².